The molecular weight excluding hydrogens is 146 g/mol. The van der Waals surface area contributed by atoms with E-state index in [9.17, 15) is 0 Å². The maximum absolute atomic E-state index is 5.80. The SMILES string of the molecule is CC(Cl)c1ccccc1.N. The summed E-state index contributed by atoms with van der Waals surface area (Å²) in [6.07, 6.45) is 0. The van der Waals surface area contributed by atoms with E-state index in [-0.39, 0.29) is 11.5 Å². The first kappa shape index (κ1) is 9.47. The minimum absolute atomic E-state index is 0. The van der Waals surface area contributed by atoms with Crippen LogP contribution in [0.3, 0.4) is 0 Å². The van der Waals surface area contributed by atoms with Gasteiger partial charge in [0.25, 0.3) is 0 Å². The molecule has 1 rings (SSSR count). The molecule has 1 atom stereocenters. The highest BCUT2D eigenvalue weighted by Crippen LogP contribution is 2.17. The molecule has 1 aromatic rings. The van der Waals surface area contributed by atoms with Crippen LogP contribution in [0.5, 0.6) is 0 Å². The molecule has 0 bridgehead atoms. The molecule has 0 aliphatic heterocycles. The minimum Gasteiger partial charge on any atom is -0.344 e. The van der Waals surface area contributed by atoms with Crippen molar-refractivity contribution in [3.05, 3.63) is 35.9 Å². The number of rotatable bonds is 1. The van der Waals surface area contributed by atoms with E-state index in [0.29, 0.717) is 0 Å². The topological polar surface area (TPSA) is 35.0 Å². The fourth-order valence-corrected chi connectivity index (χ4v) is 0.864. The van der Waals surface area contributed by atoms with Gasteiger partial charge >= 0.3 is 0 Å². The summed E-state index contributed by atoms with van der Waals surface area (Å²) in [6, 6.07) is 10.0. The molecule has 0 aliphatic rings. The average Bonchev–Trinajstić information content (AvgIpc) is 1.90. The van der Waals surface area contributed by atoms with Crippen molar-refractivity contribution in [1.82, 2.24) is 6.15 Å². The summed E-state index contributed by atoms with van der Waals surface area (Å²) >= 11 is 5.80. The molecule has 0 aliphatic carbocycles. The molecule has 0 heterocycles. The Balaban J connectivity index is 0.000000810. The molecule has 1 nitrogen and oxygen atoms in total. The predicted molar refractivity (Wildman–Crippen MR) is 45.7 cm³/mol. The largest absolute Gasteiger partial charge is 0.344 e. The van der Waals surface area contributed by atoms with Gasteiger partial charge in [0.2, 0.25) is 0 Å². The fourth-order valence-electron chi connectivity index (χ4n) is 0.718. The summed E-state index contributed by atoms with van der Waals surface area (Å²) < 4.78 is 0. The maximum Gasteiger partial charge on any atom is 0.0557 e. The molecule has 0 amide bonds. The van der Waals surface area contributed by atoms with Crippen LogP contribution in [0.15, 0.2) is 30.3 Å². The van der Waals surface area contributed by atoms with Crippen molar-refractivity contribution in [3.63, 3.8) is 0 Å². The molecule has 0 saturated carbocycles. The average molecular weight is 158 g/mol. The molecule has 0 saturated heterocycles. The van der Waals surface area contributed by atoms with Crippen LogP contribution in [0.4, 0.5) is 0 Å². The van der Waals surface area contributed by atoms with Gasteiger partial charge in [0.05, 0.1) is 5.38 Å². The van der Waals surface area contributed by atoms with Crippen molar-refractivity contribution >= 4 is 11.6 Å². The minimum atomic E-state index is 0. The predicted octanol–water partition coefficient (Wildman–Crippen LogP) is 3.15. The third-order valence-corrected chi connectivity index (χ3v) is 1.51. The summed E-state index contributed by atoms with van der Waals surface area (Å²) in [7, 11) is 0. The number of benzene rings is 1. The van der Waals surface area contributed by atoms with Crippen LogP contribution in [0.1, 0.15) is 17.9 Å². The second-order valence-corrected chi connectivity index (χ2v) is 2.68. The number of alkyl halides is 1. The lowest BCUT2D eigenvalue weighted by Gasteiger charge is -1.99. The number of hydrogen-bond acceptors (Lipinski definition) is 1. The lowest BCUT2D eigenvalue weighted by Crippen LogP contribution is -1.80. The van der Waals surface area contributed by atoms with Gasteiger partial charge in [0, 0.05) is 0 Å². The quantitative estimate of drug-likeness (QED) is 0.625. The third kappa shape index (κ3) is 2.38. The van der Waals surface area contributed by atoms with Crippen molar-refractivity contribution in [2.45, 2.75) is 12.3 Å². The molecule has 56 valence electrons. The monoisotopic (exact) mass is 157 g/mol. The molecule has 3 N–H and O–H groups in total. The van der Waals surface area contributed by atoms with E-state index < -0.39 is 0 Å². The third-order valence-electron chi connectivity index (χ3n) is 1.26. The second-order valence-electron chi connectivity index (χ2n) is 2.03. The highest BCUT2D eigenvalue weighted by Gasteiger charge is 1.95. The van der Waals surface area contributed by atoms with E-state index in [2.05, 4.69) is 0 Å². The summed E-state index contributed by atoms with van der Waals surface area (Å²) in [5.41, 5.74) is 1.18. The zero-order valence-electron chi connectivity index (χ0n) is 6.05. The smallest absolute Gasteiger partial charge is 0.0557 e. The second kappa shape index (κ2) is 4.31. The van der Waals surface area contributed by atoms with Crippen LogP contribution < -0.4 is 6.15 Å². The molecular formula is C8H12ClN. The van der Waals surface area contributed by atoms with E-state index in [1.54, 1.807) is 0 Å². The Morgan fingerprint density at radius 2 is 1.70 bits per heavy atom. The molecule has 0 fully saturated rings. The van der Waals surface area contributed by atoms with Crippen molar-refractivity contribution in [3.8, 4) is 0 Å². The van der Waals surface area contributed by atoms with Crippen LogP contribution in [0.25, 0.3) is 0 Å². The van der Waals surface area contributed by atoms with Crippen LogP contribution >= 0.6 is 11.6 Å². The molecule has 0 spiro atoms. The van der Waals surface area contributed by atoms with Crippen molar-refractivity contribution in [2.24, 2.45) is 0 Å². The van der Waals surface area contributed by atoms with E-state index in [4.69, 9.17) is 11.6 Å². The van der Waals surface area contributed by atoms with Gasteiger partial charge in [-0.05, 0) is 12.5 Å². The highest BCUT2D eigenvalue weighted by molar-refractivity contribution is 6.20. The zero-order chi connectivity index (χ0) is 6.69. The van der Waals surface area contributed by atoms with Crippen LogP contribution in [0.2, 0.25) is 0 Å². The maximum atomic E-state index is 5.80. The standard InChI is InChI=1S/C8H9Cl.H3N/c1-7(9)8-5-3-2-4-6-8;/h2-7H,1H3;1H3. The van der Waals surface area contributed by atoms with Gasteiger partial charge in [0.1, 0.15) is 0 Å². The lowest BCUT2D eigenvalue weighted by molar-refractivity contribution is 1.08. The van der Waals surface area contributed by atoms with E-state index in [1.807, 2.05) is 37.3 Å². The Morgan fingerprint density at radius 3 is 2.00 bits per heavy atom. The van der Waals surface area contributed by atoms with Gasteiger partial charge in [-0.3, -0.25) is 0 Å². The van der Waals surface area contributed by atoms with Gasteiger partial charge in [-0.25, -0.2) is 0 Å². The summed E-state index contributed by atoms with van der Waals surface area (Å²) in [4.78, 5) is 0. The van der Waals surface area contributed by atoms with E-state index in [1.165, 1.54) is 5.56 Å². The Kier molecular flexibility index (Phi) is 4.08. The summed E-state index contributed by atoms with van der Waals surface area (Å²) in [5, 5.41) is 0.131. The first-order valence-electron chi connectivity index (χ1n) is 2.99. The number of halogens is 1. The van der Waals surface area contributed by atoms with Crippen molar-refractivity contribution in [2.75, 3.05) is 0 Å². The van der Waals surface area contributed by atoms with Gasteiger partial charge in [-0.2, -0.15) is 0 Å². The fraction of sp³-hybridized carbons (Fsp3) is 0.250. The van der Waals surface area contributed by atoms with Crippen molar-refractivity contribution < 1.29 is 0 Å². The molecule has 0 aromatic heterocycles. The van der Waals surface area contributed by atoms with Crippen LogP contribution in [0, 0.1) is 0 Å². The van der Waals surface area contributed by atoms with Gasteiger partial charge < -0.3 is 6.15 Å². The summed E-state index contributed by atoms with van der Waals surface area (Å²) in [5.74, 6) is 0. The van der Waals surface area contributed by atoms with Gasteiger partial charge in [-0.1, -0.05) is 30.3 Å². The van der Waals surface area contributed by atoms with Gasteiger partial charge in [-0.15, -0.1) is 11.6 Å². The first-order chi connectivity index (χ1) is 4.30. The van der Waals surface area contributed by atoms with Crippen molar-refractivity contribution in [1.29, 1.82) is 0 Å². The summed E-state index contributed by atoms with van der Waals surface area (Å²) in [6.45, 7) is 1.97. The van der Waals surface area contributed by atoms with Gasteiger partial charge in [0.15, 0.2) is 0 Å². The first-order valence-corrected chi connectivity index (χ1v) is 3.43. The molecule has 1 aromatic carbocycles. The number of hydrogen-bond donors (Lipinski definition) is 1. The molecule has 1 unspecified atom stereocenters. The zero-order valence-corrected chi connectivity index (χ0v) is 6.81. The normalized spacial score (nSPS) is 11.8. The Bertz CT molecular complexity index is 172. The Morgan fingerprint density at radius 1 is 1.20 bits per heavy atom. The lowest BCUT2D eigenvalue weighted by atomic mass is 10.2. The van der Waals surface area contributed by atoms with E-state index in [0.717, 1.165) is 0 Å². The highest BCUT2D eigenvalue weighted by atomic mass is 35.5. The van der Waals surface area contributed by atoms with Crippen LogP contribution in [-0.2, 0) is 0 Å². The molecule has 2 heteroatoms. The Labute approximate surface area is 66.6 Å². The molecule has 10 heavy (non-hydrogen) atoms. The Hall–Kier alpha value is -0.530. The van der Waals surface area contributed by atoms with E-state index >= 15 is 0 Å². The van der Waals surface area contributed by atoms with Crippen LogP contribution in [-0.4, -0.2) is 0 Å². The molecule has 0 radical (unpaired) electrons.